The number of carbonyl (C=O) groups is 1. The molecule has 0 unspecified atom stereocenters. The highest BCUT2D eigenvalue weighted by Gasteiger charge is 2.24. The molecule has 0 saturated carbocycles. The van der Waals surface area contributed by atoms with E-state index >= 15 is 0 Å². The van der Waals surface area contributed by atoms with Crippen LogP contribution in [0.25, 0.3) is 11.0 Å². The molecule has 0 radical (unpaired) electrons. The molecule has 1 N–H and O–H groups in total. The van der Waals surface area contributed by atoms with E-state index in [2.05, 4.69) is 14.3 Å². The topological polar surface area (TPSA) is 84.3 Å². The second-order valence-corrected chi connectivity index (χ2v) is 10.3. The van der Waals surface area contributed by atoms with Gasteiger partial charge in [-0.05, 0) is 81.5 Å². The molecule has 0 aliphatic heterocycles. The molecule has 1 amide bonds. The number of benzene rings is 2. The largest absolute Gasteiger partial charge is 0.338 e. The molecule has 0 saturated heterocycles. The summed E-state index contributed by atoms with van der Waals surface area (Å²) in [4.78, 5) is 19.3. The van der Waals surface area contributed by atoms with Crippen LogP contribution in [0.4, 0.5) is 0 Å². The molecular weight excluding hydrogens is 436 g/mol. The van der Waals surface area contributed by atoms with Gasteiger partial charge in [-0.15, -0.1) is 0 Å². The van der Waals surface area contributed by atoms with Crippen molar-refractivity contribution in [3.63, 3.8) is 0 Å². The summed E-state index contributed by atoms with van der Waals surface area (Å²) in [5.74, 6) is 0.670. The van der Waals surface area contributed by atoms with Gasteiger partial charge in [-0.2, -0.15) is 0 Å². The normalized spacial score (nSPS) is 11.8. The molecule has 3 rings (SSSR count). The Labute approximate surface area is 196 Å². The number of aromatic nitrogens is 2. The third-order valence-corrected chi connectivity index (χ3v) is 8.42. The Hall–Kier alpha value is -2.71. The van der Waals surface area contributed by atoms with Gasteiger partial charge in [0.15, 0.2) is 0 Å². The van der Waals surface area contributed by atoms with E-state index in [4.69, 9.17) is 0 Å². The molecule has 8 heteroatoms. The Morgan fingerprint density at radius 3 is 2.18 bits per heavy atom. The third kappa shape index (κ3) is 4.82. The number of aryl methyl sites for hydroxylation is 1. The van der Waals surface area contributed by atoms with Gasteiger partial charge in [0.1, 0.15) is 5.82 Å². The first-order valence-corrected chi connectivity index (χ1v) is 12.7. The molecule has 3 aromatic rings. The monoisotopic (exact) mass is 470 g/mol. The summed E-state index contributed by atoms with van der Waals surface area (Å²) < 4.78 is 30.9. The number of hydrogen-bond donors (Lipinski definition) is 1. The molecule has 33 heavy (non-hydrogen) atoms. The van der Waals surface area contributed by atoms with Crippen LogP contribution in [0.3, 0.4) is 0 Å². The van der Waals surface area contributed by atoms with Crippen LogP contribution in [0, 0.1) is 34.6 Å². The molecule has 0 spiro atoms. The van der Waals surface area contributed by atoms with Crippen LogP contribution in [0.15, 0.2) is 29.2 Å². The molecule has 178 valence electrons. The predicted molar refractivity (Wildman–Crippen MR) is 132 cm³/mol. The number of nitrogens with one attached hydrogen (secondary N) is 1. The third-order valence-electron chi connectivity index (χ3n) is 6.69. The van der Waals surface area contributed by atoms with E-state index in [1.807, 2.05) is 65.8 Å². The molecular formula is C25H34N4O3S. The number of amides is 1. The van der Waals surface area contributed by atoms with E-state index < -0.39 is 10.0 Å². The lowest BCUT2D eigenvalue weighted by atomic mass is 9.95. The van der Waals surface area contributed by atoms with Crippen molar-refractivity contribution in [3.8, 4) is 0 Å². The predicted octanol–water partition coefficient (Wildman–Crippen LogP) is 3.93. The molecule has 7 nitrogen and oxygen atoms in total. The van der Waals surface area contributed by atoms with Gasteiger partial charge in [0, 0.05) is 26.6 Å². The van der Waals surface area contributed by atoms with Gasteiger partial charge in [0.25, 0.3) is 0 Å². The van der Waals surface area contributed by atoms with E-state index in [1.54, 1.807) is 11.9 Å². The van der Waals surface area contributed by atoms with Gasteiger partial charge in [0.2, 0.25) is 15.9 Å². The molecule has 0 fully saturated rings. The van der Waals surface area contributed by atoms with Crippen LogP contribution < -0.4 is 4.72 Å². The minimum absolute atomic E-state index is 0.0422. The van der Waals surface area contributed by atoms with E-state index in [1.165, 1.54) is 0 Å². The van der Waals surface area contributed by atoms with Crippen molar-refractivity contribution in [3.05, 3.63) is 57.9 Å². The second-order valence-electron chi connectivity index (χ2n) is 8.61. The number of hydrogen-bond acceptors (Lipinski definition) is 4. The fraction of sp³-hybridized carbons (Fsp3) is 0.440. The van der Waals surface area contributed by atoms with E-state index in [0.29, 0.717) is 11.4 Å². The maximum Gasteiger partial charge on any atom is 0.241 e. The lowest BCUT2D eigenvalue weighted by Gasteiger charge is -2.20. The number of rotatable bonds is 8. The summed E-state index contributed by atoms with van der Waals surface area (Å²) in [7, 11) is -2.01. The fourth-order valence-electron chi connectivity index (χ4n) is 4.32. The molecule has 0 aliphatic rings. The van der Waals surface area contributed by atoms with Crippen LogP contribution >= 0.6 is 0 Å². The maximum atomic E-state index is 13.1. The summed E-state index contributed by atoms with van der Waals surface area (Å²) in [6, 6.07) is 7.90. The Morgan fingerprint density at radius 2 is 1.58 bits per heavy atom. The van der Waals surface area contributed by atoms with Crippen LogP contribution in [0.1, 0.15) is 47.0 Å². The first-order valence-electron chi connectivity index (χ1n) is 11.2. The maximum absolute atomic E-state index is 13.1. The lowest BCUT2D eigenvalue weighted by Crippen LogP contribution is -2.33. The Morgan fingerprint density at radius 1 is 1.00 bits per heavy atom. The first kappa shape index (κ1) is 24.9. The van der Waals surface area contributed by atoms with Crippen LogP contribution in [-0.4, -0.2) is 42.4 Å². The number of imidazole rings is 1. The number of sulfonamides is 1. The average molecular weight is 471 g/mol. The SMILES string of the molecule is CCn1c(CN(C)C(=O)CCNS(=O)(=O)c2c(C)c(C)c(C)c(C)c2C)nc2ccccc21. The zero-order valence-corrected chi connectivity index (χ0v) is 21.4. The lowest BCUT2D eigenvalue weighted by molar-refractivity contribution is -0.130. The molecule has 2 aromatic carbocycles. The quantitative estimate of drug-likeness (QED) is 0.541. The Bertz CT molecular complexity index is 1280. The highest BCUT2D eigenvalue weighted by molar-refractivity contribution is 7.89. The van der Waals surface area contributed by atoms with E-state index in [-0.39, 0.29) is 18.9 Å². The van der Waals surface area contributed by atoms with Gasteiger partial charge >= 0.3 is 0 Å². The van der Waals surface area contributed by atoms with Crippen molar-refractivity contribution in [1.29, 1.82) is 0 Å². The number of carbonyl (C=O) groups excluding carboxylic acids is 1. The highest BCUT2D eigenvalue weighted by atomic mass is 32.2. The van der Waals surface area contributed by atoms with Crippen molar-refractivity contribution < 1.29 is 13.2 Å². The number of nitrogens with zero attached hydrogens (tertiary/aromatic N) is 3. The van der Waals surface area contributed by atoms with Gasteiger partial charge in [0.05, 0.1) is 22.5 Å². The molecule has 0 atom stereocenters. The van der Waals surface area contributed by atoms with Crippen LogP contribution in [-0.2, 0) is 27.9 Å². The van der Waals surface area contributed by atoms with Gasteiger partial charge in [-0.25, -0.2) is 18.1 Å². The smallest absolute Gasteiger partial charge is 0.241 e. The van der Waals surface area contributed by atoms with Crippen molar-refractivity contribution in [2.75, 3.05) is 13.6 Å². The van der Waals surface area contributed by atoms with Crippen LogP contribution in [0.2, 0.25) is 0 Å². The summed E-state index contributed by atoms with van der Waals surface area (Å²) >= 11 is 0. The van der Waals surface area contributed by atoms with Crippen molar-refractivity contribution >= 4 is 27.0 Å². The minimum atomic E-state index is -3.73. The Balaban J connectivity index is 1.68. The zero-order valence-electron chi connectivity index (χ0n) is 20.6. The fourth-order valence-corrected chi connectivity index (χ4v) is 5.95. The number of fused-ring (bicyclic) bond motifs is 1. The standard InChI is InChI=1S/C25H34N4O3S/c1-8-29-22-12-10-9-11-21(22)27-23(29)15-28(7)24(30)13-14-26-33(31,32)25-19(5)17(3)16(2)18(4)20(25)6/h9-12,26H,8,13-15H2,1-7H3. The highest BCUT2D eigenvalue weighted by Crippen LogP contribution is 2.29. The van der Waals surface area contributed by atoms with Crippen molar-refractivity contribution in [2.45, 2.75) is 65.9 Å². The summed E-state index contributed by atoms with van der Waals surface area (Å²) in [6.07, 6.45) is 0.0734. The second kappa shape index (κ2) is 9.65. The van der Waals surface area contributed by atoms with Gasteiger partial charge in [-0.3, -0.25) is 4.79 Å². The summed E-state index contributed by atoms with van der Waals surface area (Å²) in [5, 5.41) is 0. The molecule has 0 aliphatic carbocycles. The average Bonchev–Trinajstić information content (AvgIpc) is 3.12. The molecule has 1 heterocycles. The molecule has 1 aromatic heterocycles. The van der Waals surface area contributed by atoms with E-state index in [9.17, 15) is 13.2 Å². The van der Waals surface area contributed by atoms with Crippen molar-refractivity contribution in [2.24, 2.45) is 0 Å². The first-order chi connectivity index (χ1) is 15.5. The van der Waals surface area contributed by atoms with Gasteiger partial charge < -0.3 is 9.47 Å². The minimum Gasteiger partial charge on any atom is -0.338 e. The van der Waals surface area contributed by atoms with E-state index in [0.717, 1.165) is 51.2 Å². The summed E-state index contributed by atoms with van der Waals surface area (Å²) in [6.45, 7) is 12.8. The Kier molecular flexibility index (Phi) is 7.29. The zero-order chi connectivity index (χ0) is 24.5. The van der Waals surface area contributed by atoms with Crippen molar-refractivity contribution in [1.82, 2.24) is 19.2 Å². The molecule has 0 bridgehead atoms. The number of para-hydroxylation sites is 2. The van der Waals surface area contributed by atoms with Crippen LogP contribution in [0.5, 0.6) is 0 Å². The summed E-state index contributed by atoms with van der Waals surface area (Å²) in [5.41, 5.74) is 6.52. The van der Waals surface area contributed by atoms with Gasteiger partial charge in [-0.1, -0.05) is 12.1 Å².